The Morgan fingerprint density at radius 1 is 1.35 bits per heavy atom. The largest absolute Gasteiger partial charge is 0.443 e. The summed E-state index contributed by atoms with van der Waals surface area (Å²) in [6, 6.07) is 1.52. The number of nitrogens with zero attached hydrogens (tertiary/aromatic N) is 1. The lowest BCUT2D eigenvalue weighted by Crippen LogP contribution is -2.03. The van der Waals surface area contributed by atoms with Gasteiger partial charge in [-0.15, -0.1) is 22.7 Å². The monoisotopic (exact) mass is 299 g/mol. The van der Waals surface area contributed by atoms with E-state index in [1.165, 1.54) is 17.4 Å². The average molecular weight is 300 g/mol. The van der Waals surface area contributed by atoms with E-state index in [2.05, 4.69) is 4.98 Å². The SMILES string of the molecule is OC(c1cc(Cl)cs1)c1cnc(C(F)(F)F)s1. The van der Waals surface area contributed by atoms with Crippen LogP contribution >= 0.6 is 34.3 Å². The first kappa shape index (κ1) is 12.8. The number of rotatable bonds is 2. The number of aliphatic hydroxyl groups excluding tert-OH is 1. The Morgan fingerprint density at radius 2 is 2.06 bits per heavy atom. The molecule has 0 amide bonds. The predicted octanol–water partition coefficient (Wildman–Crippen LogP) is 3.96. The third-order valence-corrected chi connectivity index (χ3v) is 4.32. The minimum Gasteiger partial charge on any atom is -0.382 e. The van der Waals surface area contributed by atoms with Crippen LogP contribution in [0.1, 0.15) is 20.9 Å². The van der Waals surface area contributed by atoms with Crippen molar-refractivity contribution in [3.8, 4) is 0 Å². The topological polar surface area (TPSA) is 33.1 Å². The molecule has 0 bridgehead atoms. The van der Waals surface area contributed by atoms with Gasteiger partial charge in [-0.1, -0.05) is 11.6 Å². The summed E-state index contributed by atoms with van der Waals surface area (Å²) in [5.74, 6) is 0. The van der Waals surface area contributed by atoms with E-state index in [-0.39, 0.29) is 4.88 Å². The summed E-state index contributed by atoms with van der Waals surface area (Å²) < 4.78 is 37.0. The van der Waals surface area contributed by atoms with E-state index < -0.39 is 17.3 Å². The van der Waals surface area contributed by atoms with Crippen molar-refractivity contribution in [3.05, 3.63) is 37.4 Å². The van der Waals surface area contributed by atoms with Gasteiger partial charge in [0.05, 0.1) is 9.90 Å². The van der Waals surface area contributed by atoms with Gasteiger partial charge in [0.1, 0.15) is 6.10 Å². The number of aromatic nitrogens is 1. The number of thiazole rings is 1. The molecule has 0 spiro atoms. The maximum Gasteiger partial charge on any atom is 0.443 e. The quantitative estimate of drug-likeness (QED) is 0.910. The van der Waals surface area contributed by atoms with Gasteiger partial charge in [-0.25, -0.2) is 4.98 Å². The second-order valence-electron chi connectivity index (χ2n) is 3.14. The van der Waals surface area contributed by atoms with Gasteiger partial charge in [0.2, 0.25) is 0 Å². The predicted molar refractivity (Wildman–Crippen MR) is 60.5 cm³/mol. The summed E-state index contributed by atoms with van der Waals surface area (Å²) in [4.78, 5) is 3.89. The summed E-state index contributed by atoms with van der Waals surface area (Å²) in [7, 11) is 0. The molecular formula is C9H5ClF3NOS2. The summed E-state index contributed by atoms with van der Waals surface area (Å²) in [5.41, 5.74) is 0. The molecule has 0 aliphatic carbocycles. The van der Waals surface area contributed by atoms with Crippen molar-refractivity contribution in [3.63, 3.8) is 0 Å². The van der Waals surface area contributed by atoms with Crippen LogP contribution in [-0.2, 0) is 6.18 Å². The van der Waals surface area contributed by atoms with Gasteiger partial charge in [0.15, 0.2) is 5.01 Å². The average Bonchev–Trinajstić information content (AvgIpc) is 2.83. The minimum atomic E-state index is -4.48. The summed E-state index contributed by atoms with van der Waals surface area (Å²) >= 11 is 7.29. The molecule has 2 heterocycles. The standard InChI is InChI=1S/C9H5ClF3NOS2/c10-4-1-5(16-3-4)7(15)6-2-14-8(17-6)9(11,12)13/h1-3,7,15H. The Hall–Kier alpha value is -0.630. The molecule has 0 radical (unpaired) electrons. The number of hydrogen-bond acceptors (Lipinski definition) is 4. The minimum absolute atomic E-state index is 0.149. The van der Waals surface area contributed by atoms with Crippen molar-refractivity contribution in [1.29, 1.82) is 0 Å². The summed E-state index contributed by atoms with van der Waals surface area (Å²) in [5, 5.41) is 10.9. The Bertz CT molecular complexity index is 522. The number of aliphatic hydroxyl groups is 1. The van der Waals surface area contributed by atoms with E-state index in [0.717, 1.165) is 6.20 Å². The molecule has 2 aromatic rings. The highest BCUT2D eigenvalue weighted by Gasteiger charge is 2.35. The number of halogens is 4. The lowest BCUT2D eigenvalue weighted by atomic mass is 10.2. The van der Waals surface area contributed by atoms with E-state index in [9.17, 15) is 18.3 Å². The van der Waals surface area contributed by atoms with Crippen LogP contribution in [0.3, 0.4) is 0 Å². The molecule has 0 aromatic carbocycles. The molecule has 2 rings (SSSR count). The molecule has 2 nitrogen and oxygen atoms in total. The van der Waals surface area contributed by atoms with Gasteiger partial charge >= 0.3 is 6.18 Å². The zero-order valence-corrected chi connectivity index (χ0v) is 10.4. The van der Waals surface area contributed by atoms with Gasteiger partial charge in [-0.3, -0.25) is 0 Å². The maximum atomic E-state index is 12.3. The Labute approximate surface area is 107 Å². The fourth-order valence-electron chi connectivity index (χ4n) is 1.16. The van der Waals surface area contributed by atoms with Gasteiger partial charge in [0.25, 0.3) is 0 Å². The molecule has 0 fully saturated rings. The number of hydrogen-bond donors (Lipinski definition) is 1. The molecule has 0 saturated heterocycles. The van der Waals surface area contributed by atoms with Crippen molar-refractivity contribution in [2.24, 2.45) is 0 Å². The normalized spacial score (nSPS) is 13.9. The Morgan fingerprint density at radius 3 is 2.53 bits per heavy atom. The zero-order chi connectivity index (χ0) is 12.6. The van der Waals surface area contributed by atoms with E-state index in [1.54, 1.807) is 5.38 Å². The summed E-state index contributed by atoms with van der Waals surface area (Å²) in [6.45, 7) is 0. The molecule has 0 aliphatic rings. The van der Waals surface area contributed by atoms with Gasteiger partial charge in [-0.05, 0) is 6.07 Å². The van der Waals surface area contributed by atoms with Crippen LogP contribution < -0.4 is 0 Å². The van der Waals surface area contributed by atoms with Crippen LogP contribution in [-0.4, -0.2) is 10.1 Å². The Balaban J connectivity index is 2.26. The van der Waals surface area contributed by atoms with E-state index in [1.807, 2.05) is 0 Å². The van der Waals surface area contributed by atoms with E-state index in [0.29, 0.717) is 21.2 Å². The second kappa shape index (κ2) is 4.56. The highest BCUT2D eigenvalue weighted by atomic mass is 35.5. The van der Waals surface area contributed by atoms with Crippen LogP contribution in [0.5, 0.6) is 0 Å². The smallest absolute Gasteiger partial charge is 0.382 e. The molecule has 1 atom stereocenters. The molecule has 1 unspecified atom stereocenters. The first-order chi connectivity index (χ1) is 7.88. The number of alkyl halides is 3. The first-order valence-corrected chi connectivity index (χ1v) is 6.40. The van der Waals surface area contributed by atoms with Crippen molar-refractivity contribution in [2.75, 3.05) is 0 Å². The molecular weight excluding hydrogens is 295 g/mol. The second-order valence-corrected chi connectivity index (χ2v) is 5.58. The molecule has 0 aliphatic heterocycles. The van der Waals surface area contributed by atoms with Crippen molar-refractivity contribution in [2.45, 2.75) is 12.3 Å². The number of thiophene rings is 1. The van der Waals surface area contributed by atoms with Crippen LogP contribution in [0.15, 0.2) is 17.6 Å². The molecule has 0 saturated carbocycles. The molecule has 2 aromatic heterocycles. The van der Waals surface area contributed by atoms with Crippen molar-refractivity contribution < 1.29 is 18.3 Å². The third kappa shape index (κ3) is 2.79. The van der Waals surface area contributed by atoms with Crippen LogP contribution in [0.4, 0.5) is 13.2 Å². The zero-order valence-electron chi connectivity index (χ0n) is 8.03. The highest BCUT2D eigenvalue weighted by molar-refractivity contribution is 7.12. The van der Waals surface area contributed by atoms with Crippen LogP contribution in [0, 0.1) is 0 Å². The molecule has 17 heavy (non-hydrogen) atoms. The lowest BCUT2D eigenvalue weighted by Gasteiger charge is -2.04. The third-order valence-electron chi connectivity index (χ3n) is 1.89. The van der Waals surface area contributed by atoms with Gasteiger partial charge in [-0.2, -0.15) is 13.2 Å². The molecule has 1 N–H and O–H groups in total. The highest BCUT2D eigenvalue weighted by Crippen LogP contribution is 2.37. The molecule has 92 valence electrons. The van der Waals surface area contributed by atoms with E-state index >= 15 is 0 Å². The summed E-state index contributed by atoms with van der Waals surface area (Å²) in [6.07, 6.45) is -4.55. The Kier molecular flexibility index (Phi) is 3.44. The van der Waals surface area contributed by atoms with Gasteiger partial charge < -0.3 is 5.11 Å². The van der Waals surface area contributed by atoms with Gasteiger partial charge in [0, 0.05) is 16.5 Å². The maximum absolute atomic E-state index is 12.3. The van der Waals surface area contributed by atoms with E-state index in [4.69, 9.17) is 11.6 Å². The first-order valence-electron chi connectivity index (χ1n) is 4.33. The fourth-order valence-corrected chi connectivity index (χ4v) is 3.10. The fraction of sp³-hybridized carbons (Fsp3) is 0.222. The molecule has 8 heteroatoms. The van der Waals surface area contributed by atoms with Crippen LogP contribution in [0.25, 0.3) is 0 Å². The lowest BCUT2D eigenvalue weighted by molar-refractivity contribution is -0.137. The van der Waals surface area contributed by atoms with Crippen molar-refractivity contribution >= 4 is 34.3 Å². The van der Waals surface area contributed by atoms with Crippen LogP contribution in [0.2, 0.25) is 5.02 Å². The van der Waals surface area contributed by atoms with Crippen molar-refractivity contribution in [1.82, 2.24) is 4.98 Å².